The Kier molecular flexibility index (Phi) is 5.66. The average molecular weight is 362 g/mol. The summed E-state index contributed by atoms with van der Waals surface area (Å²) < 4.78 is 5.12. The number of hydrogen-bond acceptors (Lipinski definition) is 6. The summed E-state index contributed by atoms with van der Waals surface area (Å²) in [6, 6.07) is 17.0. The van der Waals surface area contributed by atoms with Gasteiger partial charge in [0.15, 0.2) is 0 Å². The molecule has 27 heavy (non-hydrogen) atoms. The number of benzene rings is 2. The fourth-order valence-electron chi connectivity index (χ4n) is 2.64. The first kappa shape index (κ1) is 18.4. The highest BCUT2D eigenvalue weighted by atomic mass is 16.5. The van der Waals surface area contributed by atoms with Crippen LogP contribution in [0.15, 0.2) is 54.6 Å². The molecule has 1 aromatic heterocycles. The number of anilines is 4. The van der Waals surface area contributed by atoms with Crippen LogP contribution in [0.3, 0.4) is 0 Å². The van der Waals surface area contributed by atoms with Crippen LogP contribution in [0.25, 0.3) is 0 Å². The van der Waals surface area contributed by atoms with Crippen LogP contribution in [0.4, 0.5) is 23.1 Å². The van der Waals surface area contributed by atoms with E-state index in [2.05, 4.69) is 20.6 Å². The van der Waals surface area contributed by atoms with Gasteiger partial charge in [-0.2, -0.15) is 4.98 Å². The van der Waals surface area contributed by atoms with E-state index in [9.17, 15) is 4.79 Å². The van der Waals surface area contributed by atoms with Crippen molar-refractivity contribution in [2.24, 2.45) is 0 Å². The number of carbonyl (C=O) groups is 1. The van der Waals surface area contributed by atoms with E-state index in [0.717, 1.165) is 16.9 Å². The molecule has 0 radical (unpaired) electrons. The molecule has 0 amide bonds. The summed E-state index contributed by atoms with van der Waals surface area (Å²) in [6.45, 7) is 6.02. The molecular weight excluding hydrogens is 340 g/mol. The summed E-state index contributed by atoms with van der Waals surface area (Å²) in [5, 5.41) is 6.44. The Morgan fingerprint density at radius 1 is 0.963 bits per heavy atom. The summed E-state index contributed by atoms with van der Waals surface area (Å²) in [6.07, 6.45) is 0. The van der Waals surface area contributed by atoms with Crippen molar-refractivity contribution in [1.29, 1.82) is 0 Å². The zero-order valence-corrected chi connectivity index (χ0v) is 15.6. The highest BCUT2D eigenvalue weighted by Crippen LogP contribution is 2.23. The van der Waals surface area contributed by atoms with Crippen molar-refractivity contribution in [3.05, 3.63) is 71.4 Å². The molecule has 1 heterocycles. The molecule has 0 saturated carbocycles. The number of ether oxygens (including phenoxy) is 1. The molecule has 138 valence electrons. The number of aryl methyl sites for hydroxylation is 2. The molecule has 3 rings (SSSR count). The highest BCUT2D eigenvalue weighted by Gasteiger charge is 2.13. The van der Waals surface area contributed by atoms with E-state index in [1.165, 1.54) is 0 Å². The third-order valence-electron chi connectivity index (χ3n) is 3.93. The molecule has 2 aromatic carbocycles. The van der Waals surface area contributed by atoms with E-state index in [-0.39, 0.29) is 5.97 Å². The fraction of sp³-hybridized carbons (Fsp3) is 0.190. The molecule has 0 aliphatic heterocycles. The number of esters is 1. The van der Waals surface area contributed by atoms with Crippen LogP contribution >= 0.6 is 0 Å². The molecule has 3 aromatic rings. The number of carbonyl (C=O) groups excluding carboxylic acids is 1. The van der Waals surface area contributed by atoms with E-state index in [0.29, 0.717) is 29.6 Å². The predicted octanol–water partition coefficient (Wildman–Crippen LogP) is 4.76. The second kappa shape index (κ2) is 8.31. The molecule has 6 heteroatoms. The molecule has 0 spiro atoms. The van der Waals surface area contributed by atoms with Crippen LogP contribution < -0.4 is 10.6 Å². The second-order valence-electron chi connectivity index (χ2n) is 6.05. The number of nitrogens with zero attached hydrogens (tertiary/aromatic N) is 2. The highest BCUT2D eigenvalue weighted by molar-refractivity contribution is 5.96. The largest absolute Gasteiger partial charge is 0.462 e. The Labute approximate surface area is 158 Å². The van der Waals surface area contributed by atoms with Crippen molar-refractivity contribution in [2.45, 2.75) is 20.8 Å². The quantitative estimate of drug-likeness (QED) is 0.616. The number of hydrogen-bond donors (Lipinski definition) is 2. The normalized spacial score (nSPS) is 10.3. The lowest BCUT2D eigenvalue weighted by Gasteiger charge is -2.13. The zero-order chi connectivity index (χ0) is 19.2. The molecule has 6 nitrogen and oxygen atoms in total. The van der Waals surface area contributed by atoms with Gasteiger partial charge >= 0.3 is 5.97 Å². The Bertz CT molecular complexity index is 956. The number of para-hydroxylation sites is 2. The second-order valence-corrected chi connectivity index (χ2v) is 6.05. The molecule has 0 atom stereocenters. The maximum Gasteiger partial charge on any atom is 0.340 e. The lowest BCUT2D eigenvalue weighted by Crippen LogP contribution is -2.09. The topological polar surface area (TPSA) is 76.1 Å². The molecule has 0 fully saturated rings. The minimum absolute atomic E-state index is 0.324. The van der Waals surface area contributed by atoms with Crippen molar-refractivity contribution >= 4 is 29.1 Å². The molecule has 0 saturated heterocycles. The van der Waals surface area contributed by atoms with Gasteiger partial charge in [0, 0.05) is 17.4 Å². The van der Waals surface area contributed by atoms with Crippen LogP contribution in [0, 0.1) is 13.8 Å². The monoisotopic (exact) mass is 362 g/mol. The van der Waals surface area contributed by atoms with E-state index >= 15 is 0 Å². The van der Waals surface area contributed by atoms with Gasteiger partial charge in [0.2, 0.25) is 5.95 Å². The number of rotatable bonds is 6. The van der Waals surface area contributed by atoms with E-state index in [1.54, 1.807) is 19.1 Å². The third-order valence-corrected chi connectivity index (χ3v) is 3.93. The minimum Gasteiger partial charge on any atom is -0.462 e. The average Bonchev–Trinajstić information content (AvgIpc) is 2.64. The van der Waals surface area contributed by atoms with Crippen molar-refractivity contribution in [2.75, 3.05) is 17.2 Å². The van der Waals surface area contributed by atoms with Gasteiger partial charge in [0.1, 0.15) is 5.82 Å². The van der Waals surface area contributed by atoms with Crippen LogP contribution in [0.5, 0.6) is 0 Å². The molecular formula is C21H22N4O2. The molecule has 0 aliphatic rings. The molecule has 0 aliphatic carbocycles. The first-order valence-electron chi connectivity index (χ1n) is 8.78. The number of aromatic nitrogens is 2. The first-order valence-corrected chi connectivity index (χ1v) is 8.78. The van der Waals surface area contributed by atoms with Crippen LogP contribution in [0.2, 0.25) is 0 Å². The summed E-state index contributed by atoms with van der Waals surface area (Å²) in [7, 11) is 0. The maximum atomic E-state index is 12.2. The van der Waals surface area contributed by atoms with Crippen LogP contribution in [-0.4, -0.2) is 22.5 Å². The van der Waals surface area contributed by atoms with Crippen LogP contribution in [-0.2, 0) is 4.74 Å². The van der Waals surface area contributed by atoms with E-state index in [1.807, 2.05) is 56.3 Å². The fourth-order valence-corrected chi connectivity index (χ4v) is 2.64. The van der Waals surface area contributed by atoms with Gasteiger partial charge in [-0.3, -0.25) is 0 Å². The van der Waals surface area contributed by atoms with Crippen molar-refractivity contribution in [3.8, 4) is 0 Å². The zero-order valence-electron chi connectivity index (χ0n) is 15.6. The van der Waals surface area contributed by atoms with E-state index < -0.39 is 0 Å². The van der Waals surface area contributed by atoms with Gasteiger partial charge in [0.05, 0.1) is 17.9 Å². The van der Waals surface area contributed by atoms with Gasteiger partial charge < -0.3 is 15.4 Å². The lowest BCUT2D eigenvalue weighted by molar-refractivity contribution is 0.0527. The molecule has 0 bridgehead atoms. The van der Waals surface area contributed by atoms with Crippen molar-refractivity contribution < 1.29 is 9.53 Å². The van der Waals surface area contributed by atoms with Gasteiger partial charge in [-0.1, -0.05) is 30.3 Å². The number of nitrogens with one attached hydrogen (secondary N) is 2. The first-order chi connectivity index (χ1) is 13.1. The summed E-state index contributed by atoms with van der Waals surface area (Å²) in [5.74, 6) is 0.709. The molecule has 2 N–H and O–H groups in total. The van der Waals surface area contributed by atoms with Crippen LogP contribution in [0.1, 0.15) is 28.5 Å². The Balaban J connectivity index is 1.88. The van der Waals surface area contributed by atoms with Crippen molar-refractivity contribution in [1.82, 2.24) is 9.97 Å². The third kappa shape index (κ3) is 4.61. The predicted molar refractivity (Wildman–Crippen MR) is 107 cm³/mol. The molecule has 0 unspecified atom stereocenters. The summed E-state index contributed by atoms with van der Waals surface area (Å²) >= 11 is 0. The van der Waals surface area contributed by atoms with Gasteiger partial charge in [-0.25, -0.2) is 9.78 Å². The Morgan fingerprint density at radius 3 is 2.41 bits per heavy atom. The standard InChI is InChI=1S/C21H22N4O2/c1-4-27-20(26)16-10-6-8-12-18(16)23-19-13-15(3)22-21(25-19)24-17-11-7-5-9-14(17)2/h5-13H,4H2,1-3H3,(H2,22,23,24,25). The Morgan fingerprint density at radius 2 is 1.67 bits per heavy atom. The lowest BCUT2D eigenvalue weighted by atomic mass is 10.2. The van der Waals surface area contributed by atoms with Crippen molar-refractivity contribution in [3.63, 3.8) is 0 Å². The van der Waals surface area contributed by atoms with Gasteiger partial charge in [0.25, 0.3) is 0 Å². The van der Waals surface area contributed by atoms with Gasteiger partial charge in [-0.05, 0) is 44.5 Å². The summed E-state index contributed by atoms with van der Waals surface area (Å²) in [4.78, 5) is 21.1. The SMILES string of the molecule is CCOC(=O)c1ccccc1Nc1cc(C)nc(Nc2ccccc2C)n1. The Hall–Kier alpha value is -3.41. The maximum absolute atomic E-state index is 12.2. The minimum atomic E-state index is -0.371. The smallest absolute Gasteiger partial charge is 0.340 e. The summed E-state index contributed by atoms with van der Waals surface area (Å²) in [5.41, 5.74) is 3.95. The van der Waals surface area contributed by atoms with Gasteiger partial charge in [-0.15, -0.1) is 0 Å². The van der Waals surface area contributed by atoms with E-state index in [4.69, 9.17) is 4.74 Å².